The summed E-state index contributed by atoms with van der Waals surface area (Å²) in [4.78, 5) is 12.3. The molecule has 0 bridgehead atoms. The summed E-state index contributed by atoms with van der Waals surface area (Å²) in [6.45, 7) is 10.3. The Hall–Kier alpha value is -3.14. The van der Waals surface area contributed by atoms with Gasteiger partial charge in [-0.25, -0.2) is 5.43 Å². The predicted octanol–water partition coefficient (Wildman–Crippen LogP) is 4.78. The minimum absolute atomic E-state index is 0.201. The van der Waals surface area contributed by atoms with Crippen molar-refractivity contribution in [3.63, 3.8) is 0 Å². The van der Waals surface area contributed by atoms with E-state index in [1.54, 1.807) is 12.3 Å². The van der Waals surface area contributed by atoms with Crippen LogP contribution >= 0.6 is 0 Å². The molecule has 3 aromatic rings. The van der Waals surface area contributed by atoms with Crippen molar-refractivity contribution in [2.75, 3.05) is 0 Å². The van der Waals surface area contributed by atoms with E-state index in [4.69, 9.17) is 0 Å². The van der Waals surface area contributed by atoms with Gasteiger partial charge in [-0.15, -0.1) is 0 Å². The number of amides is 1. The Kier molecular flexibility index (Phi) is 5.26. The number of hydrogen-bond donors (Lipinski definition) is 1. The van der Waals surface area contributed by atoms with Crippen LogP contribution in [-0.4, -0.2) is 16.7 Å². The number of hydrazone groups is 1. The predicted molar refractivity (Wildman–Crippen MR) is 111 cm³/mol. The molecule has 0 radical (unpaired) electrons. The van der Waals surface area contributed by atoms with E-state index >= 15 is 0 Å². The first-order valence-corrected chi connectivity index (χ1v) is 9.03. The fraction of sp³-hybridized carbons (Fsp3) is 0.217. The SMILES string of the molecule is Cc1cc(C)cc(-n2c(C)cc(/C=N/NC(=O)c3ccccc3C)c2C)c1. The summed E-state index contributed by atoms with van der Waals surface area (Å²) < 4.78 is 2.21. The first kappa shape index (κ1) is 18.6. The van der Waals surface area contributed by atoms with E-state index in [0.29, 0.717) is 5.56 Å². The zero-order valence-corrected chi connectivity index (χ0v) is 16.5. The van der Waals surface area contributed by atoms with Crippen LogP contribution in [0, 0.1) is 34.6 Å². The topological polar surface area (TPSA) is 46.4 Å². The molecule has 1 aromatic heterocycles. The Morgan fingerprint density at radius 1 is 0.963 bits per heavy atom. The molecule has 1 N–H and O–H groups in total. The van der Waals surface area contributed by atoms with Gasteiger partial charge in [0, 0.05) is 28.2 Å². The zero-order chi connectivity index (χ0) is 19.6. The van der Waals surface area contributed by atoms with E-state index in [0.717, 1.165) is 28.2 Å². The van der Waals surface area contributed by atoms with Gasteiger partial charge in [0.05, 0.1) is 6.21 Å². The summed E-state index contributed by atoms with van der Waals surface area (Å²) in [5.74, 6) is -0.201. The van der Waals surface area contributed by atoms with Crippen LogP contribution < -0.4 is 5.43 Å². The largest absolute Gasteiger partial charge is 0.318 e. The van der Waals surface area contributed by atoms with E-state index < -0.39 is 0 Å². The molecule has 1 amide bonds. The van der Waals surface area contributed by atoms with Crippen LogP contribution in [0.2, 0.25) is 0 Å². The van der Waals surface area contributed by atoms with Gasteiger partial charge in [-0.2, -0.15) is 5.10 Å². The van der Waals surface area contributed by atoms with Crippen molar-refractivity contribution >= 4 is 12.1 Å². The van der Waals surface area contributed by atoms with Crippen molar-refractivity contribution in [3.05, 3.63) is 87.7 Å². The molecule has 27 heavy (non-hydrogen) atoms. The van der Waals surface area contributed by atoms with E-state index in [9.17, 15) is 4.79 Å². The van der Waals surface area contributed by atoms with Gasteiger partial charge in [0.2, 0.25) is 0 Å². The number of benzene rings is 2. The molecule has 138 valence electrons. The van der Waals surface area contributed by atoms with Crippen molar-refractivity contribution in [1.29, 1.82) is 0 Å². The Morgan fingerprint density at radius 2 is 1.63 bits per heavy atom. The second-order valence-electron chi connectivity index (χ2n) is 7.02. The highest BCUT2D eigenvalue weighted by Crippen LogP contribution is 2.21. The lowest BCUT2D eigenvalue weighted by Crippen LogP contribution is -2.18. The molecule has 0 spiro atoms. The van der Waals surface area contributed by atoms with Crippen LogP contribution in [0.25, 0.3) is 5.69 Å². The number of nitrogens with one attached hydrogen (secondary N) is 1. The molecular weight excluding hydrogens is 334 g/mol. The number of nitrogens with zero attached hydrogens (tertiary/aromatic N) is 2. The highest BCUT2D eigenvalue weighted by molar-refractivity contribution is 5.96. The van der Waals surface area contributed by atoms with Gasteiger partial charge in [-0.05, 0) is 75.6 Å². The standard InChI is InChI=1S/C23H25N3O/c1-15-10-16(2)12-21(11-15)26-18(4)13-20(19(26)5)14-24-25-23(27)22-9-7-6-8-17(22)3/h6-14H,1-5H3,(H,25,27)/b24-14+. The molecule has 3 rings (SSSR count). The van der Waals surface area contributed by atoms with E-state index in [-0.39, 0.29) is 5.91 Å². The van der Waals surface area contributed by atoms with Crippen molar-refractivity contribution in [2.24, 2.45) is 5.10 Å². The quantitative estimate of drug-likeness (QED) is 0.529. The molecule has 0 aliphatic carbocycles. The van der Waals surface area contributed by atoms with Crippen LogP contribution in [0.4, 0.5) is 0 Å². The van der Waals surface area contributed by atoms with E-state index in [1.807, 2.05) is 25.1 Å². The third kappa shape index (κ3) is 4.00. The molecule has 0 unspecified atom stereocenters. The fourth-order valence-corrected chi connectivity index (χ4v) is 3.44. The summed E-state index contributed by atoms with van der Waals surface area (Å²) in [6, 6.07) is 16.1. The summed E-state index contributed by atoms with van der Waals surface area (Å²) in [7, 11) is 0. The summed E-state index contributed by atoms with van der Waals surface area (Å²) in [5.41, 5.74) is 11.0. The van der Waals surface area contributed by atoms with Gasteiger partial charge >= 0.3 is 0 Å². The minimum Gasteiger partial charge on any atom is -0.318 e. The maximum atomic E-state index is 12.3. The third-order valence-electron chi connectivity index (χ3n) is 4.69. The van der Waals surface area contributed by atoms with Crippen LogP contribution in [-0.2, 0) is 0 Å². The average molecular weight is 359 g/mol. The number of carbonyl (C=O) groups is 1. The summed E-state index contributed by atoms with van der Waals surface area (Å²) >= 11 is 0. The Bertz CT molecular complexity index is 1010. The van der Waals surface area contributed by atoms with Crippen LogP contribution in [0.3, 0.4) is 0 Å². The molecule has 0 saturated carbocycles. The molecule has 1 heterocycles. The second kappa shape index (κ2) is 7.62. The second-order valence-corrected chi connectivity index (χ2v) is 7.02. The van der Waals surface area contributed by atoms with Gasteiger partial charge < -0.3 is 4.57 Å². The lowest BCUT2D eigenvalue weighted by Gasteiger charge is -2.11. The number of aryl methyl sites for hydroxylation is 4. The number of carbonyl (C=O) groups excluding carboxylic acids is 1. The van der Waals surface area contributed by atoms with Gasteiger partial charge in [0.15, 0.2) is 0 Å². The smallest absolute Gasteiger partial charge is 0.271 e. The lowest BCUT2D eigenvalue weighted by molar-refractivity contribution is 0.0954. The van der Waals surface area contributed by atoms with Gasteiger partial charge in [-0.1, -0.05) is 24.3 Å². The average Bonchev–Trinajstić information content (AvgIpc) is 2.88. The van der Waals surface area contributed by atoms with Crippen LogP contribution in [0.5, 0.6) is 0 Å². The van der Waals surface area contributed by atoms with Crippen LogP contribution in [0.15, 0.2) is 53.6 Å². The molecule has 2 aromatic carbocycles. The van der Waals surface area contributed by atoms with Gasteiger partial charge in [-0.3, -0.25) is 4.79 Å². The van der Waals surface area contributed by atoms with Gasteiger partial charge in [0.1, 0.15) is 0 Å². The normalized spacial score (nSPS) is 11.1. The summed E-state index contributed by atoms with van der Waals surface area (Å²) in [5, 5.41) is 4.17. The van der Waals surface area contributed by atoms with E-state index in [1.165, 1.54) is 11.1 Å². The molecule has 0 aliphatic heterocycles. The maximum absolute atomic E-state index is 12.3. The molecule has 4 heteroatoms. The Labute approximate surface area is 160 Å². The monoisotopic (exact) mass is 359 g/mol. The molecule has 0 fully saturated rings. The minimum atomic E-state index is -0.201. The first-order valence-electron chi connectivity index (χ1n) is 9.03. The lowest BCUT2D eigenvalue weighted by atomic mass is 10.1. The maximum Gasteiger partial charge on any atom is 0.271 e. The molecule has 0 atom stereocenters. The molecule has 0 aliphatic rings. The Balaban J connectivity index is 1.83. The van der Waals surface area contributed by atoms with E-state index in [2.05, 4.69) is 67.1 Å². The van der Waals surface area contributed by atoms with Crippen molar-refractivity contribution in [3.8, 4) is 5.69 Å². The van der Waals surface area contributed by atoms with Crippen molar-refractivity contribution in [1.82, 2.24) is 9.99 Å². The van der Waals surface area contributed by atoms with Crippen molar-refractivity contribution < 1.29 is 4.79 Å². The van der Waals surface area contributed by atoms with Gasteiger partial charge in [0.25, 0.3) is 5.91 Å². The molecule has 0 saturated heterocycles. The highest BCUT2D eigenvalue weighted by Gasteiger charge is 2.11. The van der Waals surface area contributed by atoms with Crippen LogP contribution in [0.1, 0.15) is 44.0 Å². The molecule has 4 nitrogen and oxygen atoms in total. The number of aromatic nitrogens is 1. The summed E-state index contributed by atoms with van der Waals surface area (Å²) in [6.07, 6.45) is 1.71. The Morgan fingerprint density at radius 3 is 2.30 bits per heavy atom. The number of rotatable bonds is 4. The zero-order valence-electron chi connectivity index (χ0n) is 16.5. The van der Waals surface area contributed by atoms with Crippen molar-refractivity contribution in [2.45, 2.75) is 34.6 Å². The fourth-order valence-electron chi connectivity index (χ4n) is 3.44. The number of hydrogen-bond acceptors (Lipinski definition) is 2. The molecular formula is C23H25N3O. The first-order chi connectivity index (χ1) is 12.9. The third-order valence-corrected chi connectivity index (χ3v) is 4.69. The highest BCUT2D eigenvalue weighted by atomic mass is 16.2.